The monoisotopic (exact) mass is 539 g/mol. The number of hydrogen-bond donors (Lipinski definition) is 6. The first-order chi connectivity index (χ1) is 18.3. The molecule has 1 aromatic heterocycles. The molecule has 38 heavy (non-hydrogen) atoms. The van der Waals surface area contributed by atoms with Gasteiger partial charge in [0.1, 0.15) is 5.76 Å². The predicted molar refractivity (Wildman–Crippen MR) is 134 cm³/mol. The molecule has 0 bridgehead atoms. The van der Waals surface area contributed by atoms with Crippen LogP contribution in [0.3, 0.4) is 0 Å². The van der Waals surface area contributed by atoms with Gasteiger partial charge in [0.05, 0.1) is 6.61 Å². The molecule has 3 aliphatic rings. The lowest BCUT2D eigenvalue weighted by molar-refractivity contribution is -0.165. The molecule has 12 heteroatoms. The molecule has 214 valence electrons. The van der Waals surface area contributed by atoms with Gasteiger partial charge >= 0.3 is 11.9 Å². The number of nitrogens with one attached hydrogen (secondary N) is 1. The Morgan fingerprint density at radius 3 is 1.79 bits per heavy atom. The number of aromatic nitrogens is 1. The summed E-state index contributed by atoms with van der Waals surface area (Å²) in [6.45, 7) is 1.14. The van der Waals surface area contributed by atoms with Gasteiger partial charge in [-0.05, 0) is 38.5 Å². The van der Waals surface area contributed by atoms with Gasteiger partial charge in [0.2, 0.25) is 0 Å². The van der Waals surface area contributed by atoms with Crippen molar-refractivity contribution in [3.63, 3.8) is 0 Å². The number of carbonyl (C=O) groups is 3. The van der Waals surface area contributed by atoms with Crippen LogP contribution in [0.25, 0.3) is 0 Å². The summed E-state index contributed by atoms with van der Waals surface area (Å²) in [4.78, 5) is 35.5. The quantitative estimate of drug-likeness (QED) is 0.224. The molecule has 1 aromatic rings. The summed E-state index contributed by atoms with van der Waals surface area (Å²) in [7, 11) is 0. The van der Waals surface area contributed by atoms with Gasteiger partial charge in [-0.3, -0.25) is 4.79 Å². The molecule has 1 heterocycles. The van der Waals surface area contributed by atoms with Crippen molar-refractivity contribution in [2.24, 2.45) is 0 Å². The fourth-order valence-corrected chi connectivity index (χ4v) is 5.36. The third-order valence-corrected chi connectivity index (χ3v) is 7.54. The highest BCUT2D eigenvalue weighted by Gasteiger charge is 2.38. The second-order valence-electron chi connectivity index (χ2n) is 10.4. The van der Waals surface area contributed by atoms with Gasteiger partial charge in [0.15, 0.2) is 17.9 Å². The molecule has 6 N–H and O–H groups in total. The average Bonchev–Trinajstić information content (AvgIpc) is 3.68. The minimum atomic E-state index is -2.27. The normalized spacial score (nSPS) is 20.2. The molecule has 0 aromatic carbocycles. The van der Waals surface area contributed by atoms with Gasteiger partial charge < -0.3 is 40.3 Å². The van der Waals surface area contributed by atoms with Crippen LogP contribution >= 0.6 is 0 Å². The summed E-state index contributed by atoms with van der Waals surface area (Å²) in [5, 5.41) is 49.2. The Bertz CT molecular complexity index is 885. The average molecular weight is 540 g/mol. The predicted octanol–water partition coefficient (Wildman–Crippen LogP) is 1.62. The van der Waals surface area contributed by atoms with E-state index in [-0.39, 0.29) is 12.5 Å². The third kappa shape index (κ3) is 7.98. The van der Waals surface area contributed by atoms with Crippen LogP contribution in [-0.2, 0) is 16.1 Å². The van der Waals surface area contributed by atoms with E-state index in [0.29, 0.717) is 36.8 Å². The number of carboxylic acid groups (broad SMARTS) is 2. The van der Waals surface area contributed by atoms with Crippen molar-refractivity contribution in [2.45, 2.75) is 114 Å². The number of hydrogen-bond acceptors (Lipinski definition) is 9. The first kappa shape index (κ1) is 30.0. The maximum absolute atomic E-state index is 13.8. The maximum Gasteiger partial charge on any atom is 0.335 e. The van der Waals surface area contributed by atoms with Crippen LogP contribution in [0.1, 0.15) is 105 Å². The number of amides is 1. The lowest BCUT2D eigenvalue weighted by Crippen LogP contribution is -2.49. The summed E-state index contributed by atoms with van der Waals surface area (Å²) in [6.07, 6.45) is 9.63. The van der Waals surface area contributed by atoms with Gasteiger partial charge in [-0.25, -0.2) is 9.59 Å². The van der Waals surface area contributed by atoms with Crippen molar-refractivity contribution in [3.8, 4) is 0 Å². The maximum atomic E-state index is 13.8. The zero-order valence-corrected chi connectivity index (χ0v) is 21.8. The molecule has 0 aliphatic heterocycles. The van der Waals surface area contributed by atoms with Crippen LogP contribution in [0.2, 0.25) is 0 Å². The van der Waals surface area contributed by atoms with E-state index in [2.05, 4.69) is 15.4 Å². The minimum absolute atomic E-state index is 0.0789. The lowest BCUT2D eigenvalue weighted by atomic mass is 9.88. The highest BCUT2D eigenvalue weighted by atomic mass is 16.5. The largest absolute Gasteiger partial charge is 0.479 e. The number of rotatable bonds is 11. The van der Waals surface area contributed by atoms with E-state index >= 15 is 0 Å². The van der Waals surface area contributed by atoms with Gasteiger partial charge in [-0.15, -0.1) is 0 Å². The van der Waals surface area contributed by atoms with Crippen molar-refractivity contribution in [3.05, 3.63) is 17.0 Å². The Morgan fingerprint density at radius 1 is 0.868 bits per heavy atom. The van der Waals surface area contributed by atoms with E-state index < -0.39 is 24.1 Å². The summed E-state index contributed by atoms with van der Waals surface area (Å²) < 4.78 is 5.70. The molecule has 4 rings (SSSR count). The van der Waals surface area contributed by atoms with Crippen molar-refractivity contribution < 1.29 is 44.4 Å². The molecule has 3 saturated carbocycles. The number of aliphatic hydroxyl groups is 3. The first-order valence-corrected chi connectivity index (χ1v) is 13.7. The van der Waals surface area contributed by atoms with Gasteiger partial charge in [-0.1, -0.05) is 43.7 Å². The zero-order chi connectivity index (χ0) is 27.7. The minimum Gasteiger partial charge on any atom is -0.479 e. The summed E-state index contributed by atoms with van der Waals surface area (Å²) in [5.74, 6) is -2.15. The molecule has 3 fully saturated rings. The second kappa shape index (κ2) is 14.6. The van der Waals surface area contributed by atoms with Crippen LogP contribution in [-0.4, -0.2) is 90.9 Å². The number of carbonyl (C=O) groups excluding carboxylic acids is 1. The Balaban J connectivity index is 0.000000342. The van der Waals surface area contributed by atoms with E-state index in [1.54, 1.807) is 0 Å². The third-order valence-electron chi connectivity index (χ3n) is 7.54. The SMILES string of the molecule is O=C(O)[C@@H](O)[C@H](O)C(=O)O.O=C(c1noc(C2CC2)c1CNCCO)N(C1CCCCC1)C1CCCCC1. The molecule has 0 spiro atoms. The molecule has 3 aliphatic carbocycles. The van der Waals surface area contributed by atoms with Crippen LogP contribution in [0.15, 0.2) is 4.52 Å². The number of carboxylic acids is 2. The van der Waals surface area contributed by atoms with Crippen molar-refractivity contribution in [1.29, 1.82) is 0 Å². The second-order valence-corrected chi connectivity index (χ2v) is 10.4. The Morgan fingerprint density at radius 2 is 1.37 bits per heavy atom. The molecule has 1 amide bonds. The lowest BCUT2D eigenvalue weighted by Gasteiger charge is -2.41. The number of nitrogens with zero attached hydrogens (tertiary/aromatic N) is 2. The Kier molecular flexibility index (Phi) is 11.5. The van der Waals surface area contributed by atoms with Gasteiger partial charge in [0.25, 0.3) is 5.91 Å². The molecule has 0 saturated heterocycles. The smallest absolute Gasteiger partial charge is 0.335 e. The van der Waals surface area contributed by atoms with Crippen molar-refractivity contribution >= 4 is 17.8 Å². The molecular formula is C26H41N3O9. The molecular weight excluding hydrogens is 498 g/mol. The first-order valence-electron chi connectivity index (χ1n) is 13.7. The van der Waals surface area contributed by atoms with E-state index in [1.807, 2.05) is 0 Å². The summed E-state index contributed by atoms with van der Waals surface area (Å²) >= 11 is 0. The van der Waals surface area contributed by atoms with Crippen LogP contribution in [0, 0.1) is 0 Å². The Labute approximate surface area is 222 Å². The molecule has 0 unspecified atom stereocenters. The number of aliphatic carboxylic acids is 2. The fourth-order valence-electron chi connectivity index (χ4n) is 5.36. The standard InChI is InChI=1S/C22H35N3O3.C4H6O6/c26-14-13-23-15-19-20(24-28-21(19)16-11-12-16)22(27)25(17-7-3-1-4-8-17)18-9-5-2-6-10-18;5-1(3(7)8)2(6)4(9)10/h16-18,23,26H,1-15H2;1-2,5-6H,(H,7,8)(H,9,10)/t;1-,2-/m.0/s1. The topological polar surface area (TPSA) is 194 Å². The summed E-state index contributed by atoms with van der Waals surface area (Å²) in [5.41, 5.74) is 1.45. The van der Waals surface area contributed by atoms with Gasteiger partial charge in [0, 0.05) is 36.7 Å². The zero-order valence-electron chi connectivity index (χ0n) is 21.8. The summed E-state index contributed by atoms with van der Waals surface area (Å²) in [6, 6.07) is 0.701. The van der Waals surface area contributed by atoms with Crippen molar-refractivity contribution in [1.82, 2.24) is 15.4 Å². The highest BCUT2D eigenvalue weighted by Crippen LogP contribution is 2.43. The van der Waals surface area contributed by atoms with E-state index in [1.165, 1.54) is 38.5 Å². The van der Waals surface area contributed by atoms with Crippen molar-refractivity contribution in [2.75, 3.05) is 13.2 Å². The van der Waals surface area contributed by atoms with Crippen LogP contribution < -0.4 is 5.32 Å². The number of aliphatic hydroxyl groups excluding tert-OH is 3. The fraction of sp³-hybridized carbons (Fsp3) is 0.769. The molecule has 12 nitrogen and oxygen atoms in total. The molecule has 0 radical (unpaired) electrons. The van der Waals surface area contributed by atoms with E-state index in [0.717, 1.165) is 49.8 Å². The van der Waals surface area contributed by atoms with Crippen LogP contribution in [0.4, 0.5) is 0 Å². The molecule has 2 atom stereocenters. The van der Waals surface area contributed by atoms with E-state index in [4.69, 9.17) is 30.1 Å². The van der Waals surface area contributed by atoms with Crippen LogP contribution in [0.5, 0.6) is 0 Å². The highest BCUT2D eigenvalue weighted by molar-refractivity contribution is 5.94. The van der Waals surface area contributed by atoms with E-state index in [9.17, 15) is 14.4 Å². The van der Waals surface area contributed by atoms with Gasteiger partial charge in [-0.2, -0.15) is 0 Å². The Hall–Kier alpha value is -2.54.